The van der Waals surface area contributed by atoms with Crippen LogP contribution in [0.25, 0.3) is 0 Å². The number of hydrogen-bond acceptors (Lipinski definition) is 4. The third kappa shape index (κ3) is 2.77. The molecular weight excluding hydrogens is 244 g/mol. The quantitative estimate of drug-likeness (QED) is 0.848. The number of aromatic nitrogens is 1. The first-order valence-corrected chi connectivity index (χ1v) is 7.12. The monoisotopic (exact) mass is 260 g/mol. The van der Waals surface area contributed by atoms with Crippen molar-refractivity contribution in [1.29, 1.82) is 0 Å². The van der Waals surface area contributed by atoms with Gasteiger partial charge in [-0.1, -0.05) is 30.3 Å². The lowest BCUT2D eigenvalue weighted by molar-refractivity contribution is -0.0332. The molecule has 1 unspecified atom stereocenters. The van der Waals surface area contributed by atoms with E-state index >= 15 is 0 Å². The van der Waals surface area contributed by atoms with Gasteiger partial charge in [0.2, 0.25) is 0 Å². The maximum Gasteiger partial charge on any atom is 0.0952 e. The van der Waals surface area contributed by atoms with Gasteiger partial charge in [-0.3, -0.25) is 4.90 Å². The molecule has 3 rings (SSSR count). The van der Waals surface area contributed by atoms with Gasteiger partial charge < -0.3 is 4.74 Å². The highest BCUT2D eigenvalue weighted by atomic mass is 32.1. The molecule has 1 saturated heterocycles. The molecule has 0 N–H and O–H groups in total. The van der Waals surface area contributed by atoms with E-state index in [0.29, 0.717) is 0 Å². The number of morpholine rings is 1. The number of ether oxygens (including phenoxy) is 1. The van der Waals surface area contributed by atoms with Crippen LogP contribution in [0.1, 0.15) is 17.4 Å². The fraction of sp³-hybridized carbons (Fsp3) is 0.357. The highest BCUT2D eigenvalue weighted by Crippen LogP contribution is 2.22. The number of rotatable bonds is 3. The third-order valence-corrected chi connectivity index (χ3v) is 3.83. The molecule has 0 radical (unpaired) electrons. The molecule has 0 bridgehead atoms. The van der Waals surface area contributed by atoms with Gasteiger partial charge in [-0.05, 0) is 5.56 Å². The van der Waals surface area contributed by atoms with E-state index in [1.54, 1.807) is 11.3 Å². The molecule has 1 aliphatic rings. The van der Waals surface area contributed by atoms with Crippen LogP contribution in [0.3, 0.4) is 0 Å². The number of nitrogens with zero attached hydrogens (tertiary/aromatic N) is 2. The molecular formula is C14H16N2OS. The van der Waals surface area contributed by atoms with Crippen molar-refractivity contribution < 1.29 is 4.74 Å². The van der Waals surface area contributed by atoms with Crippen molar-refractivity contribution in [2.75, 3.05) is 19.7 Å². The van der Waals surface area contributed by atoms with Crippen LogP contribution in [0.2, 0.25) is 0 Å². The normalized spacial score (nSPS) is 21.0. The van der Waals surface area contributed by atoms with Gasteiger partial charge >= 0.3 is 0 Å². The third-order valence-electron chi connectivity index (χ3n) is 3.19. The van der Waals surface area contributed by atoms with Crippen LogP contribution in [-0.2, 0) is 11.3 Å². The molecule has 1 atom stereocenters. The van der Waals surface area contributed by atoms with E-state index in [1.807, 2.05) is 11.6 Å². The average molecular weight is 260 g/mol. The van der Waals surface area contributed by atoms with E-state index in [1.165, 1.54) is 5.56 Å². The molecule has 2 heterocycles. The number of hydrogen-bond donors (Lipinski definition) is 0. The summed E-state index contributed by atoms with van der Waals surface area (Å²) in [5.74, 6) is 0. The second kappa shape index (κ2) is 5.61. The molecule has 94 valence electrons. The van der Waals surface area contributed by atoms with Crippen LogP contribution in [0.5, 0.6) is 0 Å². The summed E-state index contributed by atoms with van der Waals surface area (Å²) in [5.41, 5.74) is 4.32. The topological polar surface area (TPSA) is 25.4 Å². The van der Waals surface area contributed by atoms with Crippen molar-refractivity contribution in [3.05, 3.63) is 52.5 Å². The average Bonchev–Trinajstić information content (AvgIpc) is 2.93. The second-order valence-electron chi connectivity index (χ2n) is 4.49. The van der Waals surface area contributed by atoms with Gasteiger partial charge in [0.25, 0.3) is 0 Å². The smallest absolute Gasteiger partial charge is 0.0952 e. The first-order chi connectivity index (χ1) is 8.92. The van der Waals surface area contributed by atoms with Gasteiger partial charge in [0.1, 0.15) is 0 Å². The Kier molecular flexibility index (Phi) is 3.69. The SMILES string of the molecule is c1ccc(C2CN(Cc3cscn3)CCO2)cc1. The molecule has 1 aromatic carbocycles. The van der Waals surface area contributed by atoms with E-state index < -0.39 is 0 Å². The van der Waals surface area contributed by atoms with Crippen LogP contribution < -0.4 is 0 Å². The predicted molar refractivity (Wildman–Crippen MR) is 72.5 cm³/mol. The Hall–Kier alpha value is -1.23. The van der Waals surface area contributed by atoms with E-state index in [4.69, 9.17) is 4.74 Å². The van der Waals surface area contributed by atoms with Gasteiger partial charge in [-0.2, -0.15) is 0 Å². The highest BCUT2D eigenvalue weighted by Gasteiger charge is 2.21. The summed E-state index contributed by atoms with van der Waals surface area (Å²) in [7, 11) is 0. The van der Waals surface area contributed by atoms with Crippen LogP contribution in [0.15, 0.2) is 41.2 Å². The first-order valence-electron chi connectivity index (χ1n) is 6.18. The lowest BCUT2D eigenvalue weighted by Crippen LogP contribution is -2.37. The minimum absolute atomic E-state index is 0.193. The van der Waals surface area contributed by atoms with Crippen LogP contribution >= 0.6 is 11.3 Å². The summed E-state index contributed by atoms with van der Waals surface area (Å²) in [5, 5.41) is 2.12. The van der Waals surface area contributed by atoms with Crippen molar-refractivity contribution in [2.24, 2.45) is 0 Å². The van der Waals surface area contributed by atoms with Gasteiger partial charge in [-0.15, -0.1) is 11.3 Å². The van der Waals surface area contributed by atoms with E-state index in [9.17, 15) is 0 Å². The summed E-state index contributed by atoms with van der Waals surface area (Å²) >= 11 is 1.66. The maximum absolute atomic E-state index is 5.85. The minimum atomic E-state index is 0.193. The predicted octanol–water partition coefficient (Wildman–Crippen LogP) is 2.72. The van der Waals surface area contributed by atoms with Crippen molar-refractivity contribution in [3.8, 4) is 0 Å². The molecule has 1 aliphatic heterocycles. The Morgan fingerprint density at radius 2 is 2.22 bits per heavy atom. The summed E-state index contributed by atoms with van der Waals surface area (Å²) in [6.07, 6.45) is 0.193. The van der Waals surface area contributed by atoms with Crippen LogP contribution in [0.4, 0.5) is 0 Å². The lowest BCUT2D eigenvalue weighted by Gasteiger charge is -2.32. The van der Waals surface area contributed by atoms with Gasteiger partial charge in [0, 0.05) is 25.0 Å². The molecule has 0 saturated carbocycles. The zero-order chi connectivity index (χ0) is 12.2. The Labute approximate surface area is 111 Å². The van der Waals surface area contributed by atoms with Gasteiger partial charge in [-0.25, -0.2) is 4.98 Å². The van der Waals surface area contributed by atoms with Crippen LogP contribution in [0, 0.1) is 0 Å². The Morgan fingerprint density at radius 1 is 1.33 bits per heavy atom. The first kappa shape index (κ1) is 11.8. The summed E-state index contributed by atoms with van der Waals surface area (Å²) in [4.78, 5) is 6.76. The summed E-state index contributed by atoms with van der Waals surface area (Å²) < 4.78 is 5.85. The molecule has 4 heteroatoms. The Bertz CT molecular complexity index is 472. The van der Waals surface area contributed by atoms with Gasteiger partial charge in [0.15, 0.2) is 0 Å². The standard InChI is InChI=1S/C14H16N2OS/c1-2-4-12(5-3-1)14-9-16(6-7-17-14)8-13-10-18-11-15-13/h1-5,10-11,14H,6-9H2. The molecule has 1 aromatic heterocycles. The van der Waals surface area contributed by atoms with Crippen molar-refractivity contribution in [2.45, 2.75) is 12.6 Å². The second-order valence-corrected chi connectivity index (χ2v) is 5.20. The molecule has 18 heavy (non-hydrogen) atoms. The highest BCUT2D eigenvalue weighted by molar-refractivity contribution is 7.07. The van der Waals surface area contributed by atoms with Crippen molar-refractivity contribution >= 4 is 11.3 Å². The summed E-state index contributed by atoms with van der Waals surface area (Å²) in [6.45, 7) is 3.66. The van der Waals surface area contributed by atoms with Crippen molar-refractivity contribution in [3.63, 3.8) is 0 Å². The van der Waals surface area contributed by atoms with E-state index in [2.05, 4.69) is 39.5 Å². The van der Waals surface area contributed by atoms with Crippen LogP contribution in [-0.4, -0.2) is 29.6 Å². The maximum atomic E-state index is 5.85. The fourth-order valence-electron chi connectivity index (χ4n) is 2.26. The van der Waals surface area contributed by atoms with E-state index in [0.717, 1.165) is 31.9 Å². The Morgan fingerprint density at radius 3 is 3.00 bits per heavy atom. The lowest BCUT2D eigenvalue weighted by atomic mass is 10.1. The fourth-order valence-corrected chi connectivity index (χ4v) is 2.81. The molecule has 3 nitrogen and oxygen atoms in total. The minimum Gasteiger partial charge on any atom is -0.371 e. The molecule has 0 amide bonds. The van der Waals surface area contributed by atoms with E-state index in [-0.39, 0.29) is 6.10 Å². The van der Waals surface area contributed by atoms with Crippen molar-refractivity contribution in [1.82, 2.24) is 9.88 Å². The molecule has 0 aliphatic carbocycles. The zero-order valence-electron chi connectivity index (χ0n) is 10.2. The zero-order valence-corrected chi connectivity index (χ0v) is 11.0. The number of benzene rings is 1. The molecule has 1 fully saturated rings. The van der Waals surface area contributed by atoms with Gasteiger partial charge in [0.05, 0.1) is 23.9 Å². The molecule has 2 aromatic rings. The largest absolute Gasteiger partial charge is 0.371 e. The summed E-state index contributed by atoms with van der Waals surface area (Å²) in [6, 6.07) is 10.4. The number of thiazole rings is 1. The molecule has 0 spiro atoms. The Balaban J connectivity index is 1.65.